The Morgan fingerprint density at radius 3 is 2.53 bits per heavy atom. The van der Waals surface area contributed by atoms with Crippen molar-refractivity contribution in [2.24, 2.45) is 0 Å². The lowest BCUT2D eigenvalue weighted by Crippen LogP contribution is -2.19. The summed E-state index contributed by atoms with van der Waals surface area (Å²) in [5, 5.41) is 8.56. The van der Waals surface area contributed by atoms with E-state index in [9.17, 15) is 0 Å². The predicted octanol–water partition coefficient (Wildman–Crippen LogP) is 2.66. The molecule has 0 N–H and O–H groups in total. The molecular formula is C14H20N2O. The topological polar surface area (TPSA) is 36.3 Å². The smallest absolute Gasteiger partial charge is 0.123 e. The Hall–Kier alpha value is -1.53. The number of rotatable bonds is 5. The molecule has 0 fully saturated rings. The molecule has 0 aromatic heterocycles. The van der Waals surface area contributed by atoms with E-state index >= 15 is 0 Å². The van der Waals surface area contributed by atoms with Crippen molar-refractivity contribution in [3.05, 3.63) is 28.8 Å². The molecule has 0 aliphatic heterocycles. The van der Waals surface area contributed by atoms with Gasteiger partial charge in [0.2, 0.25) is 0 Å². The van der Waals surface area contributed by atoms with Gasteiger partial charge in [-0.3, -0.25) is 0 Å². The van der Waals surface area contributed by atoms with E-state index in [0.717, 1.165) is 18.8 Å². The second-order valence-electron chi connectivity index (χ2n) is 4.39. The molecule has 0 amide bonds. The van der Waals surface area contributed by atoms with Crippen LogP contribution in [0.3, 0.4) is 0 Å². The minimum Gasteiger partial charge on any atom is -0.496 e. The first-order chi connectivity index (χ1) is 8.08. The van der Waals surface area contributed by atoms with Crippen LogP contribution in [0.5, 0.6) is 5.75 Å². The lowest BCUT2D eigenvalue weighted by atomic mass is 10.0. The lowest BCUT2D eigenvalue weighted by Gasteiger charge is -2.18. The zero-order chi connectivity index (χ0) is 12.8. The fraction of sp³-hybridized carbons (Fsp3) is 0.500. The molecule has 17 heavy (non-hydrogen) atoms. The van der Waals surface area contributed by atoms with E-state index in [1.165, 1.54) is 16.7 Å². The summed E-state index contributed by atoms with van der Waals surface area (Å²) in [7, 11) is 3.72. The van der Waals surface area contributed by atoms with Crippen LogP contribution in [0.25, 0.3) is 0 Å². The van der Waals surface area contributed by atoms with Crippen molar-refractivity contribution in [2.75, 3.05) is 20.7 Å². The number of hydrogen-bond acceptors (Lipinski definition) is 3. The molecule has 3 nitrogen and oxygen atoms in total. The van der Waals surface area contributed by atoms with Crippen LogP contribution in [0.2, 0.25) is 0 Å². The van der Waals surface area contributed by atoms with Gasteiger partial charge in [0.1, 0.15) is 5.75 Å². The summed E-state index contributed by atoms with van der Waals surface area (Å²) in [4.78, 5) is 2.13. The Kier molecular flexibility index (Phi) is 4.99. The van der Waals surface area contributed by atoms with Crippen molar-refractivity contribution >= 4 is 0 Å². The minimum absolute atomic E-state index is 0.559. The number of hydrogen-bond donors (Lipinski definition) is 0. The van der Waals surface area contributed by atoms with Crippen LogP contribution in [0.1, 0.15) is 23.1 Å². The van der Waals surface area contributed by atoms with Crippen molar-refractivity contribution in [3.63, 3.8) is 0 Å². The Morgan fingerprint density at radius 1 is 1.29 bits per heavy atom. The highest BCUT2D eigenvalue weighted by Gasteiger charge is 2.08. The first kappa shape index (κ1) is 13.5. The molecule has 1 rings (SSSR count). The maximum absolute atomic E-state index is 8.56. The van der Waals surface area contributed by atoms with Crippen LogP contribution in [0.4, 0.5) is 0 Å². The fourth-order valence-corrected chi connectivity index (χ4v) is 1.77. The van der Waals surface area contributed by atoms with Crippen molar-refractivity contribution in [1.29, 1.82) is 5.26 Å². The van der Waals surface area contributed by atoms with Gasteiger partial charge in [-0.2, -0.15) is 5.26 Å². The molecular weight excluding hydrogens is 212 g/mol. The fourth-order valence-electron chi connectivity index (χ4n) is 1.77. The van der Waals surface area contributed by atoms with E-state index in [2.05, 4.69) is 36.9 Å². The molecule has 0 heterocycles. The van der Waals surface area contributed by atoms with Gasteiger partial charge in [0.05, 0.1) is 13.2 Å². The predicted molar refractivity (Wildman–Crippen MR) is 69.0 cm³/mol. The van der Waals surface area contributed by atoms with Crippen LogP contribution >= 0.6 is 0 Å². The van der Waals surface area contributed by atoms with E-state index in [1.54, 1.807) is 7.11 Å². The van der Waals surface area contributed by atoms with Gasteiger partial charge in [-0.05, 0) is 38.1 Å². The number of aryl methyl sites for hydroxylation is 2. The van der Waals surface area contributed by atoms with Gasteiger partial charge in [0.15, 0.2) is 0 Å². The van der Waals surface area contributed by atoms with E-state index in [0.29, 0.717) is 6.42 Å². The third-order valence-electron chi connectivity index (χ3n) is 2.94. The van der Waals surface area contributed by atoms with Gasteiger partial charge in [0.25, 0.3) is 0 Å². The molecule has 0 spiro atoms. The van der Waals surface area contributed by atoms with E-state index in [4.69, 9.17) is 10.00 Å². The standard InChI is InChI=1S/C14H20N2O/c1-11-8-13(10-16(3)7-5-6-15)14(17-4)9-12(11)2/h8-9H,5,7,10H2,1-4H3. The Bertz CT molecular complexity index is 421. The number of nitrogens with zero attached hydrogens (tertiary/aromatic N) is 2. The molecule has 0 saturated heterocycles. The molecule has 1 aromatic carbocycles. The van der Waals surface area contributed by atoms with Crippen LogP contribution < -0.4 is 4.74 Å². The van der Waals surface area contributed by atoms with Crippen LogP contribution in [-0.4, -0.2) is 25.6 Å². The van der Waals surface area contributed by atoms with Gasteiger partial charge in [0, 0.05) is 25.1 Å². The molecule has 0 atom stereocenters. The van der Waals surface area contributed by atoms with Gasteiger partial charge in [-0.15, -0.1) is 0 Å². The zero-order valence-electron chi connectivity index (χ0n) is 11.1. The highest BCUT2D eigenvalue weighted by Crippen LogP contribution is 2.24. The molecule has 3 heteroatoms. The zero-order valence-corrected chi connectivity index (χ0v) is 11.1. The second-order valence-corrected chi connectivity index (χ2v) is 4.39. The first-order valence-electron chi connectivity index (χ1n) is 5.78. The average molecular weight is 232 g/mol. The third-order valence-corrected chi connectivity index (χ3v) is 2.94. The van der Waals surface area contributed by atoms with Gasteiger partial charge in [-0.1, -0.05) is 6.07 Å². The molecule has 0 radical (unpaired) electrons. The molecule has 0 aliphatic carbocycles. The quantitative estimate of drug-likeness (QED) is 0.783. The number of methoxy groups -OCH3 is 1. The van der Waals surface area contributed by atoms with Crippen LogP contribution in [-0.2, 0) is 6.54 Å². The first-order valence-corrected chi connectivity index (χ1v) is 5.78. The normalized spacial score (nSPS) is 10.4. The van der Waals surface area contributed by atoms with E-state index in [-0.39, 0.29) is 0 Å². The van der Waals surface area contributed by atoms with Crippen molar-refractivity contribution in [1.82, 2.24) is 4.90 Å². The Morgan fingerprint density at radius 2 is 1.94 bits per heavy atom. The summed E-state index contributed by atoms with van der Waals surface area (Å²) in [6.45, 7) is 5.78. The molecule has 0 saturated carbocycles. The third kappa shape index (κ3) is 3.76. The summed E-state index contributed by atoms with van der Waals surface area (Å²) in [5.41, 5.74) is 3.69. The number of benzene rings is 1. The number of ether oxygens (including phenoxy) is 1. The van der Waals surface area contributed by atoms with Crippen LogP contribution in [0.15, 0.2) is 12.1 Å². The van der Waals surface area contributed by atoms with Crippen LogP contribution in [0, 0.1) is 25.2 Å². The Labute approximate surface area is 104 Å². The van der Waals surface area contributed by atoms with Gasteiger partial charge < -0.3 is 9.64 Å². The summed E-state index contributed by atoms with van der Waals surface area (Å²) >= 11 is 0. The van der Waals surface area contributed by atoms with E-state index in [1.807, 2.05) is 7.05 Å². The second kappa shape index (κ2) is 6.27. The SMILES string of the molecule is COc1cc(C)c(C)cc1CN(C)CCC#N. The summed E-state index contributed by atoms with van der Waals surface area (Å²) < 4.78 is 5.39. The van der Waals surface area contributed by atoms with Crippen molar-refractivity contribution in [3.8, 4) is 11.8 Å². The van der Waals surface area contributed by atoms with Crippen molar-refractivity contribution in [2.45, 2.75) is 26.8 Å². The highest BCUT2D eigenvalue weighted by atomic mass is 16.5. The summed E-state index contributed by atoms with van der Waals surface area (Å²) in [6, 6.07) is 6.40. The maximum atomic E-state index is 8.56. The summed E-state index contributed by atoms with van der Waals surface area (Å²) in [6.07, 6.45) is 0.559. The average Bonchev–Trinajstić information content (AvgIpc) is 2.31. The van der Waals surface area contributed by atoms with E-state index < -0.39 is 0 Å². The maximum Gasteiger partial charge on any atom is 0.123 e. The highest BCUT2D eigenvalue weighted by molar-refractivity contribution is 5.41. The summed E-state index contributed by atoms with van der Waals surface area (Å²) in [5.74, 6) is 0.928. The molecule has 0 bridgehead atoms. The van der Waals surface area contributed by atoms with Gasteiger partial charge in [-0.25, -0.2) is 0 Å². The lowest BCUT2D eigenvalue weighted by molar-refractivity contribution is 0.324. The van der Waals surface area contributed by atoms with Gasteiger partial charge >= 0.3 is 0 Å². The largest absolute Gasteiger partial charge is 0.496 e. The number of nitriles is 1. The van der Waals surface area contributed by atoms with Crippen molar-refractivity contribution < 1.29 is 4.74 Å². The molecule has 0 unspecified atom stereocenters. The monoisotopic (exact) mass is 232 g/mol. The molecule has 0 aliphatic rings. The molecule has 1 aromatic rings. The molecule has 92 valence electrons. The minimum atomic E-state index is 0.559. The Balaban J connectivity index is 2.83.